The predicted molar refractivity (Wildman–Crippen MR) is 227 cm³/mol. The van der Waals surface area contributed by atoms with E-state index in [4.69, 9.17) is 24.4 Å². The summed E-state index contributed by atoms with van der Waals surface area (Å²) in [6.07, 6.45) is 6.30. The first kappa shape index (κ1) is 31.5. The maximum atomic E-state index is 6.75. The molecule has 0 bridgehead atoms. The van der Waals surface area contributed by atoms with Crippen molar-refractivity contribution in [2.24, 2.45) is 0 Å². The third-order valence-corrected chi connectivity index (χ3v) is 11.1. The van der Waals surface area contributed by atoms with Gasteiger partial charge < -0.3 is 8.98 Å². The summed E-state index contributed by atoms with van der Waals surface area (Å²) >= 11 is 0. The van der Waals surface area contributed by atoms with Gasteiger partial charge in [0.1, 0.15) is 16.8 Å². The van der Waals surface area contributed by atoms with Gasteiger partial charge in [-0.25, -0.2) is 15.0 Å². The number of pyridine rings is 1. The molecule has 0 atom stereocenters. The number of fused-ring (bicyclic) bond motifs is 9. The molecule has 0 saturated heterocycles. The van der Waals surface area contributed by atoms with E-state index in [9.17, 15) is 0 Å². The maximum absolute atomic E-state index is 6.75. The van der Waals surface area contributed by atoms with Crippen LogP contribution in [-0.4, -0.2) is 29.1 Å². The molecule has 0 amide bonds. The molecule has 0 saturated carbocycles. The Labute approximate surface area is 326 Å². The summed E-state index contributed by atoms with van der Waals surface area (Å²) in [5.74, 6) is 2.35. The van der Waals surface area contributed by atoms with Crippen LogP contribution in [-0.2, 0) is 6.42 Å². The Morgan fingerprint density at radius 3 is 1.95 bits per heavy atom. The van der Waals surface area contributed by atoms with E-state index in [-0.39, 0.29) is 0 Å². The fraction of sp³-hybridized carbons (Fsp3) is 0.0400. The summed E-state index contributed by atoms with van der Waals surface area (Å²) in [5, 5.41) is 5.09. The van der Waals surface area contributed by atoms with Gasteiger partial charge in [0.2, 0.25) is 5.71 Å². The maximum Gasteiger partial charge on any atom is 0.230 e. The summed E-state index contributed by atoms with van der Waals surface area (Å²) in [6, 6.07) is 56.2. The van der Waals surface area contributed by atoms with E-state index >= 15 is 0 Å². The average Bonchev–Trinajstić information content (AvgIpc) is 3.94. The fourth-order valence-electron chi connectivity index (χ4n) is 8.68. The molecule has 7 heteroatoms. The highest BCUT2D eigenvalue weighted by molar-refractivity contribution is 6.15. The normalized spacial score (nSPS) is 12.6. The minimum Gasteiger partial charge on any atom is -0.438 e. The molecule has 5 aromatic heterocycles. The second kappa shape index (κ2) is 12.4. The molecular formula is C50H30N6O. The molecule has 57 heavy (non-hydrogen) atoms. The Hall–Kier alpha value is -7.82. The summed E-state index contributed by atoms with van der Waals surface area (Å²) < 4.78 is 11.4. The number of benzene rings is 5. The number of para-hydroxylation sites is 3. The smallest absolute Gasteiger partial charge is 0.230 e. The van der Waals surface area contributed by atoms with E-state index in [1.807, 2.05) is 84.9 Å². The van der Waals surface area contributed by atoms with Crippen molar-refractivity contribution in [1.29, 1.82) is 0 Å². The summed E-state index contributed by atoms with van der Waals surface area (Å²) in [5.41, 5.74) is 10.0. The van der Waals surface area contributed by atoms with Gasteiger partial charge in [-0.05, 0) is 49.2 Å². The van der Waals surface area contributed by atoms with Gasteiger partial charge in [0.05, 0.1) is 22.0 Å². The standard InChI is InChI=1S/C50H30N6O/c1-3-17-31(18-4-1)46-51-47(32-19-5-2-6-20-32)53-48(52-46)44-43-37-25-11-16-30-42(37)57-50(43)54-49(56-40-28-14-9-23-35(40)36-24-10-15-29-41(36)56)45(44)55-38-26-12-7-21-33(38)34-22-8-13-27-39(34)55/h1-12,14,16-26,28,30H,13,27H2. The third kappa shape index (κ3) is 4.74. The molecule has 6 aromatic carbocycles. The Morgan fingerprint density at radius 2 is 1.19 bits per heavy atom. The van der Waals surface area contributed by atoms with Crippen LogP contribution in [0.25, 0.3) is 107 Å². The number of nitrogens with zero attached hydrogens (tertiary/aromatic N) is 6. The van der Waals surface area contributed by atoms with Crippen LogP contribution in [0.3, 0.4) is 0 Å². The first-order valence-corrected chi connectivity index (χ1v) is 19.1. The largest absolute Gasteiger partial charge is 0.438 e. The molecule has 1 aliphatic carbocycles. The van der Waals surface area contributed by atoms with Crippen molar-refractivity contribution in [2.45, 2.75) is 12.8 Å². The van der Waals surface area contributed by atoms with Gasteiger partial charge in [0, 0.05) is 43.9 Å². The minimum atomic E-state index is 0.490. The van der Waals surface area contributed by atoms with E-state index in [0.717, 1.165) is 78.9 Å². The number of hydrogen-bond acceptors (Lipinski definition) is 5. The van der Waals surface area contributed by atoms with Crippen molar-refractivity contribution in [3.8, 4) is 45.7 Å². The zero-order valence-corrected chi connectivity index (χ0v) is 30.5. The lowest BCUT2D eigenvalue weighted by Gasteiger charge is -2.21. The molecule has 0 fully saturated rings. The van der Waals surface area contributed by atoms with Crippen molar-refractivity contribution >= 4 is 60.9 Å². The second-order valence-electron chi connectivity index (χ2n) is 14.3. The van der Waals surface area contributed by atoms with Crippen LogP contribution in [0.5, 0.6) is 0 Å². The number of allylic oxidation sites excluding steroid dienone is 1. The Balaban J connectivity index is 1.34. The van der Waals surface area contributed by atoms with Crippen LogP contribution >= 0.6 is 0 Å². The van der Waals surface area contributed by atoms with Gasteiger partial charge in [0.25, 0.3) is 0 Å². The molecule has 7 nitrogen and oxygen atoms in total. The molecule has 11 aromatic rings. The lowest BCUT2D eigenvalue weighted by atomic mass is 10.0. The van der Waals surface area contributed by atoms with Crippen molar-refractivity contribution < 1.29 is 4.42 Å². The van der Waals surface area contributed by atoms with Crippen LogP contribution < -0.4 is 0 Å². The van der Waals surface area contributed by atoms with E-state index < -0.39 is 0 Å². The number of hydrogen-bond donors (Lipinski definition) is 0. The molecular weight excluding hydrogens is 701 g/mol. The monoisotopic (exact) mass is 730 g/mol. The number of aromatic nitrogens is 6. The van der Waals surface area contributed by atoms with Crippen LogP contribution in [0.2, 0.25) is 0 Å². The number of furan rings is 1. The Morgan fingerprint density at radius 1 is 0.561 bits per heavy atom. The first-order valence-electron chi connectivity index (χ1n) is 19.1. The molecule has 1 aliphatic rings. The van der Waals surface area contributed by atoms with Crippen molar-refractivity contribution in [3.05, 3.63) is 175 Å². The average molecular weight is 731 g/mol. The minimum absolute atomic E-state index is 0.490. The van der Waals surface area contributed by atoms with Gasteiger partial charge in [0.15, 0.2) is 23.3 Å². The Kier molecular flexibility index (Phi) is 6.83. The van der Waals surface area contributed by atoms with Crippen LogP contribution in [0.1, 0.15) is 17.7 Å². The van der Waals surface area contributed by atoms with Gasteiger partial charge >= 0.3 is 0 Å². The van der Waals surface area contributed by atoms with Crippen LogP contribution in [0.4, 0.5) is 0 Å². The predicted octanol–water partition coefficient (Wildman–Crippen LogP) is 11.8. The third-order valence-electron chi connectivity index (χ3n) is 11.1. The van der Waals surface area contributed by atoms with Gasteiger partial charge in [-0.15, -0.1) is 0 Å². The quantitative estimate of drug-likeness (QED) is 0.176. The molecule has 0 N–H and O–H groups in total. The lowest BCUT2D eigenvalue weighted by Crippen LogP contribution is -2.12. The molecule has 0 unspecified atom stereocenters. The molecule has 266 valence electrons. The molecule has 12 rings (SSSR count). The van der Waals surface area contributed by atoms with Crippen molar-refractivity contribution in [2.75, 3.05) is 0 Å². The fourth-order valence-corrected chi connectivity index (χ4v) is 8.68. The topological polar surface area (TPSA) is 74.6 Å². The Bertz CT molecular complexity index is 3300. The van der Waals surface area contributed by atoms with E-state index in [1.165, 1.54) is 16.6 Å². The highest BCUT2D eigenvalue weighted by Gasteiger charge is 2.31. The van der Waals surface area contributed by atoms with Crippen molar-refractivity contribution in [3.63, 3.8) is 0 Å². The van der Waals surface area contributed by atoms with Crippen LogP contribution in [0, 0.1) is 12.1 Å². The SMILES string of the molecule is c1ccc2c3ccccc3n(-c3nc4oc5ccccc5c4c(-c4nc(-c5ccccc5)nc(-c5ccccc5)n4)c3-n3c4c(c5ccccc53)C=CCC4)c2c#1. The van der Waals surface area contributed by atoms with E-state index in [2.05, 4.69) is 94.1 Å². The zero-order chi connectivity index (χ0) is 37.5. The van der Waals surface area contributed by atoms with Gasteiger partial charge in [-0.3, -0.25) is 4.57 Å². The molecule has 5 heterocycles. The highest BCUT2D eigenvalue weighted by Crippen LogP contribution is 2.46. The summed E-state index contributed by atoms with van der Waals surface area (Å²) in [6.45, 7) is 0. The summed E-state index contributed by atoms with van der Waals surface area (Å²) in [7, 11) is 0. The number of rotatable bonds is 5. The first-order chi connectivity index (χ1) is 28.3. The van der Waals surface area contributed by atoms with E-state index in [1.54, 1.807) is 0 Å². The molecule has 0 spiro atoms. The molecule has 0 radical (unpaired) electrons. The van der Waals surface area contributed by atoms with Crippen LogP contribution in [0.15, 0.2) is 156 Å². The lowest BCUT2D eigenvalue weighted by molar-refractivity contribution is 0.652. The highest BCUT2D eigenvalue weighted by atomic mass is 16.3. The van der Waals surface area contributed by atoms with Crippen molar-refractivity contribution in [1.82, 2.24) is 29.1 Å². The summed E-state index contributed by atoms with van der Waals surface area (Å²) in [4.78, 5) is 21.5. The zero-order valence-electron chi connectivity index (χ0n) is 30.5. The second-order valence-corrected chi connectivity index (χ2v) is 14.3. The van der Waals surface area contributed by atoms with E-state index in [0.29, 0.717) is 29.0 Å². The molecule has 0 aliphatic heterocycles. The van der Waals surface area contributed by atoms with Gasteiger partial charge in [-0.2, -0.15) is 4.98 Å². The van der Waals surface area contributed by atoms with Gasteiger partial charge in [-0.1, -0.05) is 133 Å².